The molecular formula is C17H18O5. The summed E-state index contributed by atoms with van der Waals surface area (Å²) in [6, 6.07) is 0. The molecule has 0 aromatic rings. The predicted octanol–water partition coefficient (Wildman–Crippen LogP) is 1.53. The van der Waals surface area contributed by atoms with E-state index in [1.807, 2.05) is 0 Å². The van der Waals surface area contributed by atoms with E-state index in [-0.39, 0.29) is 12.2 Å². The molecule has 1 spiro atoms. The summed E-state index contributed by atoms with van der Waals surface area (Å²) >= 11 is 0. The molecule has 5 rings (SSSR count). The van der Waals surface area contributed by atoms with Crippen LogP contribution in [0.25, 0.3) is 0 Å². The van der Waals surface area contributed by atoms with Gasteiger partial charge in [0.2, 0.25) is 0 Å². The Balaban J connectivity index is 1.63. The van der Waals surface area contributed by atoms with Gasteiger partial charge in [0.15, 0.2) is 0 Å². The first-order valence-corrected chi connectivity index (χ1v) is 7.94. The lowest BCUT2D eigenvalue weighted by Gasteiger charge is -2.23. The summed E-state index contributed by atoms with van der Waals surface area (Å²) in [5.41, 5.74) is 3.78. The SMILES string of the molecule is COC(=O)C1=C(C(=O)OC)[C@H]2O[C@H]1C1=C2[C@H]2CC[C@H]1C21CC1. The highest BCUT2D eigenvalue weighted by Crippen LogP contribution is 2.76. The minimum atomic E-state index is -0.466. The van der Waals surface area contributed by atoms with Crippen molar-refractivity contribution in [2.24, 2.45) is 17.3 Å². The molecule has 0 amide bonds. The smallest absolute Gasteiger partial charge is 0.337 e. The standard InChI is InChI=1S/C17H18O5/c1-20-15(18)11-12(16(19)21-2)14-10-8-4-3-7(17(8)5-6-17)9(10)13(11)22-14/h7-8,13-14H,3-6H2,1-2H3/t7-,8-,13+,14+/m1/s1. The molecule has 4 bridgehead atoms. The molecule has 2 aliphatic heterocycles. The van der Waals surface area contributed by atoms with Crippen LogP contribution in [-0.4, -0.2) is 38.4 Å². The molecule has 0 saturated heterocycles. The van der Waals surface area contributed by atoms with E-state index in [0.29, 0.717) is 28.4 Å². The lowest BCUT2D eigenvalue weighted by atomic mass is 9.79. The number of carbonyl (C=O) groups excluding carboxylic acids is 2. The molecule has 5 nitrogen and oxygen atoms in total. The van der Waals surface area contributed by atoms with Gasteiger partial charge in [0, 0.05) is 0 Å². The molecule has 2 saturated carbocycles. The van der Waals surface area contributed by atoms with Crippen molar-refractivity contribution >= 4 is 11.9 Å². The molecule has 3 aliphatic carbocycles. The average molecular weight is 302 g/mol. The normalized spacial score (nSPS) is 38.8. The Morgan fingerprint density at radius 2 is 1.41 bits per heavy atom. The van der Waals surface area contributed by atoms with E-state index in [1.54, 1.807) is 0 Å². The summed E-state index contributed by atoms with van der Waals surface area (Å²) in [6.45, 7) is 0. The third-order valence-corrected chi connectivity index (χ3v) is 6.51. The number of fused-ring (bicyclic) bond motifs is 6. The Hall–Kier alpha value is -1.62. The average Bonchev–Trinajstić information content (AvgIpc) is 2.85. The van der Waals surface area contributed by atoms with Crippen molar-refractivity contribution in [3.05, 3.63) is 22.3 Å². The van der Waals surface area contributed by atoms with Crippen LogP contribution in [0.5, 0.6) is 0 Å². The van der Waals surface area contributed by atoms with Crippen LogP contribution in [0.2, 0.25) is 0 Å². The number of esters is 2. The van der Waals surface area contributed by atoms with Crippen LogP contribution >= 0.6 is 0 Å². The lowest BCUT2D eigenvalue weighted by Crippen LogP contribution is -2.27. The van der Waals surface area contributed by atoms with Crippen LogP contribution in [0, 0.1) is 17.3 Å². The fourth-order valence-electron chi connectivity index (χ4n) is 5.66. The zero-order valence-corrected chi connectivity index (χ0v) is 12.7. The third kappa shape index (κ3) is 1.19. The van der Waals surface area contributed by atoms with Crippen molar-refractivity contribution < 1.29 is 23.8 Å². The lowest BCUT2D eigenvalue weighted by molar-refractivity contribution is -0.139. The van der Waals surface area contributed by atoms with Gasteiger partial charge in [0.05, 0.1) is 25.4 Å². The molecule has 0 N–H and O–H groups in total. The van der Waals surface area contributed by atoms with Crippen molar-refractivity contribution in [2.75, 3.05) is 14.2 Å². The molecule has 116 valence electrons. The number of hydrogen-bond acceptors (Lipinski definition) is 5. The van der Waals surface area contributed by atoms with Gasteiger partial charge in [-0.3, -0.25) is 0 Å². The van der Waals surface area contributed by atoms with E-state index < -0.39 is 11.9 Å². The maximum absolute atomic E-state index is 12.2. The monoisotopic (exact) mass is 302 g/mol. The molecular weight excluding hydrogens is 284 g/mol. The fraction of sp³-hybridized carbons (Fsp3) is 0.647. The Kier molecular flexibility index (Phi) is 2.24. The quantitative estimate of drug-likeness (QED) is 0.572. The zero-order chi connectivity index (χ0) is 15.2. The minimum Gasteiger partial charge on any atom is -0.466 e. The molecule has 2 fully saturated rings. The second-order valence-electron chi connectivity index (χ2n) is 7.03. The second-order valence-corrected chi connectivity index (χ2v) is 7.03. The summed E-state index contributed by atoms with van der Waals surface area (Å²) in [6.07, 6.45) is 4.17. The van der Waals surface area contributed by atoms with Gasteiger partial charge in [-0.2, -0.15) is 0 Å². The summed E-state index contributed by atoms with van der Waals surface area (Å²) < 4.78 is 15.9. The summed E-state index contributed by atoms with van der Waals surface area (Å²) in [7, 11) is 2.68. The molecule has 4 atom stereocenters. The molecule has 0 aromatic carbocycles. The van der Waals surface area contributed by atoms with Crippen molar-refractivity contribution in [3.63, 3.8) is 0 Å². The Morgan fingerprint density at radius 1 is 0.955 bits per heavy atom. The topological polar surface area (TPSA) is 61.8 Å². The third-order valence-electron chi connectivity index (χ3n) is 6.51. The number of hydrogen-bond donors (Lipinski definition) is 0. The summed E-state index contributed by atoms with van der Waals surface area (Å²) in [5.74, 6) is 0.154. The van der Waals surface area contributed by atoms with Gasteiger partial charge in [-0.05, 0) is 54.1 Å². The molecule has 2 heterocycles. The molecule has 22 heavy (non-hydrogen) atoms. The highest BCUT2D eigenvalue weighted by molar-refractivity contribution is 6.05. The van der Waals surface area contributed by atoms with Gasteiger partial charge in [0.1, 0.15) is 12.2 Å². The van der Waals surface area contributed by atoms with Gasteiger partial charge in [-0.15, -0.1) is 0 Å². The van der Waals surface area contributed by atoms with Gasteiger partial charge >= 0.3 is 11.9 Å². The van der Waals surface area contributed by atoms with Crippen LogP contribution in [0.1, 0.15) is 25.7 Å². The maximum atomic E-state index is 12.2. The van der Waals surface area contributed by atoms with E-state index in [1.165, 1.54) is 51.0 Å². The first kappa shape index (κ1) is 12.9. The Morgan fingerprint density at radius 3 is 1.77 bits per heavy atom. The number of carbonyl (C=O) groups is 2. The number of rotatable bonds is 2. The molecule has 0 radical (unpaired) electrons. The first-order valence-electron chi connectivity index (χ1n) is 7.94. The Labute approximate surface area is 128 Å². The number of ether oxygens (including phenoxy) is 3. The van der Waals surface area contributed by atoms with Crippen molar-refractivity contribution in [3.8, 4) is 0 Å². The van der Waals surface area contributed by atoms with E-state index in [0.717, 1.165) is 0 Å². The highest BCUT2D eigenvalue weighted by atomic mass is 16.5. The van der Waals surface area contributed by atoms with E-state index in [4.69, 9.17) is 14.2 Å². The van der Waals surface area contributed by atoms with Gasteiger partial charge in [-0.25, -0.2) is 9.59 Å². The number of methoxy groups -OCH3 is 2. The van der Waals surface area contributed by atoms with Gasteiger partial charge in [-0.1, -0.05) is 0 Å². The zero-order valence-electron chi connectivity index (χ0n) is 12.7. The van der Waals surface area contributed by atoms with Gasteiger partial charge < -0.3 is 14.2 Å². The van der Waals surface area contributed by atoms with Crippen molar-refractivity contribution in [1.29, 1.82) is 0 Å². The first-order chi connectivity index (χ1) is 10.6. The minimum absolute atomic E-state index is 0.376. The summed E-state index contributed by atoms with van der Waals surface area (Å²) in [4.78, 5) is 24.4. The largest absolute Gasteiger partial charge is 0.466 e. The summed E-state index contributed by atoms with van der Waals surface area (Å²) in [5, 5.41) is 0. The molecule has 0 aromatic heterocycles. The maximum Gasteiger partial charge on any atom is 0.337 e. The van der Waals surface area contributed by atoms with Crippen LogP contribution in [0.15, 0.2) is 22.3 Å². The van der Waals surface area contributed by atoms with Crippen LogP contribution in [0.3, 0.4) is 0 Å². The molecule has 5 aliphatic rings. The van der Waals surface area contributed by atoms with E-state index in [2.05, 4.69) is 0 Å². The van der Waals surface area contributed by atoms with E-state index >= 15 is 0 Å². The predicted molar refractivity (Wildman–Crippen MR) is 74.6 cm³/mol. The van der Waals surface area contributed by atoms with Crippen molar-refractivity contribution in [2.45, 2.75) is 37.9 Å². The van der Waals surface area contributed by atoms with Crippen LogP contribution < -0.4 is 0 Å². The van der Waals surface area contributed by atoms with Crippen LogP contribution in [0.4, 0.5) is 0 Å². The highest BCUT2D eigenvalue weighted by Gasteiger charge is 2.71. The second kappa shape index (κ2) is 3.82. The fourth-order valence-corrected chi connectivity index (χ4v) is 5.66. The van der Waals surface area contributed by atoms with Gasteiger partial charge in [0.25, 0.3) is 0 Å². The molecule has 0 unspecified atom stereocenters. The Bertz CT molecular complexity index is 629. The van der Waals surface area contributed by atoms with E-state index in [9.17, 15) is 9.59 Å². The molecule has 5 heteroatoms. The van der Waals surface area contributed by atoms with Crippen LogP contribution in [-0.2, 0) is 23.8 Å². The van der Waals surface area contributed by atoms with Crippen molar-refractivity contribution in [1.82, 2.24) is 0 Å².